The highest BCUT2D eigenvalue weighted by molar-refractivity contribution is 14.1. The molecule has 0 fully saturated rings. The topological polar surface area (TPSA) is 26.0 Å². The van der Waals surface area contributed by atoms with Gasteiger partial charge in [0.05, 0.1) is 6.04 Å². The van der Waals surface area contributed by atoms with Crippen molar-refractivity contribution in [3.63, 3.8) is 0 Å². The van der Waals surface area contributed by atoms with E-state index in [-0.39, 0.29) is 11.9 Å². The highest BCUT2D eigenvalue weighted by Crippen LogP contribution is 2.27. The number of rotatable bonds is 2. The van der Waals surface area contributed by atoms with E-state index in [1.165, 1.54) is 12.1 Å². The van der Waals surface area contributed by atoms with E-state index in [4.69, 9.17) is 17.3 Å². The molecule has 0 saturated carbocycles. The van der Waals surface area contributed by atoms with Crippen LogP contribution in [-0.2, 0) is 0 Å². The molecule has 18 heavy (non-hydrogen) atoms. The van der Waals surface area contributed by atoms with Gasteiger partial charge in [-0.05, 0) is 76.5 Å². The molecule has 0 bridgehead atoms. The highest BCUT2D eigenvalue weighted by Gasteiger charge is 2.14. The van der Waals surface area contributed by atoms with E-state index in [1.54, 1.807) is 0 Å². The Morgan fingerprint density at radius 2 is 1.94 bits per heavy atom. The number of aryl methyl sites for hydroxylation is 1. The molecule has 1 atom stereocenters. The fraction of sp³-hybridized carbons (Fsp3) is 0.143. The quantitative estimate of drug-likeness (QED) is 0.772. The molecule has 0 aromatic heterocycles. The van der Waals surface area contributed by atoms with Crippen LogP contribution in [0.5, 0.6) is 0 Å². The first-order valence-electron chi connectivity index (χ1n) is 5.45. The van der Waals surface area contributed by atoms with Gasteiger partial charge in [-0.1, -0.05) is 17.7 Å². The predicted octanol–water partition coefficient (Wildman–Crippen LogP) is 4.44. The van der Waals surface area contributed by atoms with Crippen LogP contribution in [0.4, 0.5) is 4.39 Å². The van der Waals surface area contributed by atoms with Gasteiger partial charge in [-0.3, -0.25) is 0 Å². The van der Waals surface area contributed by atoms with Crippen molar-refractivity contribution in [3.05, 3.63) is 67.5 Å². The van der Waals surface area contributed by atoms with Gasteiger partial charge in [0.2, 0.25) is 0 Å². The van der Waals surface area contributed by atoms with Crippen LogP contribution in [0.2, 0.25) is 5.02 Å². The SMILES string of the molecule is Cc1cc(F)cc(C(N)c2cc(Cl)ccc2I)c1. The second kappa shape index (κ2) is 5.55. The Bertz CT molecular complexity index is 566. The number of benzene rings is 2. The van der Waals surface area contributed by atoms with E-state index in [9.17, 15) is 4.39 Å². The molecule has 0 aliphatic rings. The maximum Gasteiger partial charge on any atom is 0.123 e. The molecule has 0 aliphatic carbocycles. The van der Waals surface area contributed by atoms with Crippen molar-refractivity contribution in [3.8, 4) is 0 Å². The molecule has 0 amide bonds. The van der Waals surface area contributed by atoms with Crippen molar-refractivity contribution < 1.29 is 4.39 Å². The van der Waals surface area contributed by atoms with Crippen LogP contribution in [0.1, 0.15) is 22.7 Å². The lowest BCUT2D eigenvalue weighted by Gasteiger charge is -2.15. The first-order valence-corrected chi connectivity index (χ1v) is 6.90. The zero-order valence-corrected chi connectivity index (χ0v) is 12.7. The van der Waals surface area contributed by atoms with Gasteiger partial charge in [-0.2, -0.15) is 0 Å². The average Bonchev–Trinajstić information content (AvgIpc) is 2.30. The fourth-order valence-electron chi connectivity index (χ4n) is 1.88. The third kappa shape index (κ3) is 3.02. The van der Waals surface area contributed by atoms with E-state index in [0.717, 1.165) is 20.3 Å². The summed E-state index contributed by atoms with van der Waals surface area (Å²) in [5.74, 6) is -0.266. The van der Waals surface area contributed by atoms with Crippen LogP contribution in [0.15, 0.2) is 36.4 Å². The van der Waals surface area contributed by atoms with E-state index >= 15 is 0 Å². The minimum absolute atomic E-state index is 0.266. The molecule has 0 radical (unpaired) electrons. The zero-order valence-electron chi connectivity index (χ0n) is 9.75. The molecule has 0 heterocycles. The summed E-state index contributed by atoms with van der Waals surface area (Å²) in [6.07, 6.45) is 0. The molecule has 2 aromatic rings. The first-order chi connectivity index (χ1) is 8.47. The third-order valence-corrected chi connectivity index (χ3v) is 3.93. The van der Waals surface area contributed by atoms with Gasteiger partial charge in [-0.25, -0.2) is 4.39 Å². The molecule has 2 rings (SSSR count). The van der Waals surface area contributed by atoms with Crippen LogP contribution in [0.3, 0.4) is 0 Å². The van der Waals surface area contributed by atoms with E-state index in [0.29, 0.717) is 5.02 Å². The number of halogens is 3. The van der Waals surface area contributed by atoms with Crippen LogP contribution in [0, 0.1) is 16.3 Å². The summed E-state index contributed by atoms with van der Waals surface area (Å²) in [5.41, 5.74) is 8.72. The van der Waals surface area contributed by atoms with Gasteiger partial charge >= 0.3 is 0 Å². The normalized spacial score (nSPS) is 12.5. The van der Waals surface area contributed by atoms with Crippen LogP contribution >= 0.6 is 34.2 Å². The highest BCUT2D eigenvalue weighted by atomic mass is 127. The van der Waals surface area contributed by atoms with E-state index in [1.807, 2.05) is 31.2 Å². The maximum atomic E-state index is 13.4. The van der Waals surface area contributed by atoms with Crippen LogP contribution < -0.4 is 5.73 Å². The Morgan fingerprint density at radius 1 is 1.22 bits per heavy atom. The van der Waals surface area contributed by atoms with Crippen molar-refractivity contribution in [2.24, 2.45) is 5.73 Å². The molecule has 0 saturated heterocycles. The van der Waals surface area contributed by atoms with Crippen molar-refractivity contribution in [2.75, 3.05) is 0 Å². The molecule has 0 aliphatic heterocycles. The molecule has 0 spiro atoms. The predicted molar refractivity (Wildman–Crippen MR) is 81.3 cm³/mol. The van der Waals surface area contributed by atoms with Gasteiger partial charge in [0.15, 0.2) is 0 Å². The molecule has 2 aromatic carbocycles. The number of hydrogen-bond acceptors (Lipinski definition) is 1. The Kier molecular flexibility index (Phi) is 4.25. The Balaban J connectivity index is 2.47. The van der Waals surface area contributed by atoms with E-state index in [2.05, 4.69) is 22.6 Å². The lowest BCUT2D eigenvalue weighted by Crippen LogP contribution is -2.13. The summed E-state index contributed by atoms with van der Waals surface area (Å²) >= 11 is 8.18. The largest absolute Gasteiger partial charge is 0.320 e. The second-order valence-corrected chi connectivity index (χ2v) is 5.80. The lowest BCUT2D eigenvalue weighted by molar-refractivity contribution is 0.622. The van der Waals surface area contributed by atoms with Gasteiger partial charge in [0.1, 0.15) is 5.82 Å². The second-order valence-electron chi connectivity index (χ2n) is 4.21. The van der Waals surface area contributed by atoms with Gasteiger partial charge in [0, 0.05) is 8.59 Å². The lowest BCUT2D eigenvalue weighted by atomic mass is 9.98. The molecular weight excluding hydrogens is 364 g/mol. The summed E-state index contributed by atoms with van der Waals surface area (Å²) < 4.78 is 14.4. The summed E-state index contributed by atoms with van der Waals surface area (Å²) in [7, 11) is 0. The van der Waals surface area contributed by atoms with Crippen molar-refractivity contribution >= 4 is 34.2 Å². The van der Waals surface area contributed by atoms with Gasteiger partial charge in [0.25, 0.3) is 0 Å². The Labute approximate surface area is 124 Å². The number of nitrogens with two attached hydrogens (primary N) is 1. The molecule has 1 nitrogen and oxygen atoms in total. The van der Waals surface area contributed by atoms with Crippen LogP contribution in [-0.4, -0.2) is 0 Å². The van der Waals surface area contributed by atoms with Gasteiger partial charge < -0.3 is 5.73 Å². The van der Waals surface area contributed by atoms with Crippen molar-refractivity contribution in [1.82, 2.24) is 0 Å². The first kappa shape index (κ1) is 13.8. The Morgan fingerprint density at radius 3 is 2.61 bits per heavy atom. The zero-order chi connectivity index (χ0) is 13.3. The van der Waals surface area contributed by atoms with Crippen LogP contribution in [0.25, 0.3) is 0 Å². The van der Waals surface area contributed by atoms with Crippen molar-refractivity contribution in [2.45, 2.75) is 13.0 Å². The van der Waals surface area contributed by atoms with Crippen molar-refractivity contribution in [1.29, 1.82) is 0 Å². The minimum atomic E-state index is -0.370. The summed E-state index contributed by atoms with van der Waals surface area (Å²) in [6.45, 7) is 1.85. The maximum absolute atomic E-state index is 13.4. The summed E-state index contributed by atoms with van der Waals surface area (Å²) in [4.78, 5) is 0. The van der Waals surface area contributed by atoms with Gasteiger partial charge in [-0.15, -0.1) is 0 Å². The summed E-state index contributed by atoms with van der Waals surface area (Å²) in [5, 5.41) is 0.633. The molecule has 94 valence electrons. The molecule has 2 N–H and O–H groups in total. The molecule has 4 heteroatoms. The smallest absolute Gasteiger partial charge is 0.123 e. The average molecular weight is 376 g/mol. The minimum Gasteiger partial charge on any atom is -0.320 e. The summed E-state index contributed by atoms with van der Waals surface area (Å²) in [6, 6.07) is 10.0. The molecule has 1 unspecified atom stereocenters. The number of hydrogen-bond donors (Lipinski definition) is 1. The Hall–Kier alpha value is -0.650. The third-order valence-electron chi connectivity index (χ3n) is 2.72. The fourth-order valence-corrected chi connectivity index (χ4v) is 2.73. The van der Waals surface area contributed by atoms with E-state index < -0.39 is 0 Å². The standard InChI is InChI=1S/C14H12ClFIN/c1-8-4-9(6-11(16)5-8)14(18)12-7-10(15)2-3-13(12)17/h2-7,14H,18H2,1H3. The molecular formula is C14H12ClFIN. The monoisotopic (exact) mass is 375 g/mol.